The summed E-state index contributed by atoms with van der Waals surface area (Å²) in [6.07, 6.45) is 1.35. The fourth-order valence-electron chi connectivity index (χ4n) is 0.545. The summed E-state index contributed by atoms with van der Waals surface area (Å²) in [7, 11) is 2.59. The predicted octanol–water partition coefficient (Wildman–Crippen LogP) is 2.38. The minimum absolute atomic E-state index is 0.359. The molecule has 0 saturated heterocycles. The summed E-state index contributed by atoms with van der Waals surface area (Å²) in [5.41, 5.74) is 0. The first-order valence-corrected chi connectivity index (χ1v) is 5.68. The molecule has 0 unspecified atom stereocenters. The van der Waals surface area contributed by atoms with Gasteiger partial charge in [0.05, 0.1) is 22.5 Å². The zero-order valence-corrected chi connectivity index (χ0v) is 8.63. The Bertz CT molecular complexity index is 252. The van der Waals surface area contributed by atoms with Gasteiger partial charge in [-0.3, -0.25) is 0 Å². The summed E-state index contributed by atoms with van der Waals surface area (Å²) in [6.45, 7) is 2.12. The highest BCUT2D eigenvalue weighted by molar-refractivity contribution is 8.78. The summed E-state index contributed by atoms with van der Waals surface area (Å²) >= 11 is 5.65. The molecule has 0 aliphatic carbocycles. The number of rotatable bonds is 2. The van der Waals surface area contributed by atoms with E-state index in [1.807, 2.05) is 0 Å². The van der Waals surface area contributed by atoms with Gasteiger partial charge in [-0.1, -0.05) is 11.6 Å². The van der Waals surface area contributed by atoms with Gasteiger partial charge in [-0.25, -0.2) is 4.79 Å². The van der Waals surface area contributed by atoms with Crippen molar-refractivity contribution in [3.63, 3.8) is 0 Å². The topological polar surface area (TPSA) is 38.7 Å². The van der Waals surface area contributed by atoms with Crippen LogP contribution in [-0.2, 0) is 9.53 Å². The number of nitrogens with zero attached hydrogens (tertiary/aromatic N) is 1. The fourth-order valence-corrected chi connectivity index (χ4v) is 2.63. The SMILES string of the molecule is CCOC(=O)/C=C1\SSN=C1Cl. The smallest absolute Gasteiger partial charge is 0.332 e. The molecule has 1 heterocycles. The highest BCUT2D eigenvalue weighted by Gasteiger charge is 2.14. The van der Waals surface area contributed by atoms with E-state index in [1.54, 1.807) is 6.92 Å². The Kier molecular flexibility index (Phi) is 3.97. The monoisotopic (exact) mass is 223 g/mol. The highest BCUT2D eigenvalue weighted by Crippen LogP contribution is 2.40. The Morgan fingerprint density at radius 3 is 3.08 bits per heavy atom. The van der Waals surface area contributed by atoms with E-state index in [1.165, 1.54) is 27.8 Å². The lowest BCUT2D eigenvalue weighted by Crippen LogP contribution is -2.01. The molecule has 1 rings (SSSR count). The molecule has 0 aromatic rings. The number of hydrogen-bond donors (Lipinski definition) is 0. The van der Waals surface area contributed by atoms with Crippen LogP contribution in [0.25, 0.3) is 0 Å². The van der Waals surface area contributed by atoms with Crippen molar-refractivity contribution in [3.8, 4) is 0 Å². The van der Waals surface area contributed by atoms with Crippen LogP contribution in [0.2, 0.25) is 0 Å². The number of ether oxygens (including phenoxy) is 1. The van der Waals surface area contributed by atoms with Crippen molar-refractivity contribution < 1.29 is 9.53 Å². The van der Waals surface area contributed by atoms with Gasteiger partial charge in [-0.2, -0.15) is 4.40 Å². The van der Waals surface area contributed by atoms with Gasteiger partial charge in [0.1, 0.15) is 0 Å². The Morgan fingerprint density at radius 2 is 2.58 bits per heavy atom. The zero-order chi connectivity index (χ0) is 8.97. The van der Waals surface area contributed by atoms with Gasteiger partial charge >= 0.3 is 5.97 Å². The second kappa shape index (κ2) is 4.79. The maximum Gasteiger partial charge on any atom is 0.332 e. The molecule has 0 aromatic carbocycles. The quantitative estimate of drug-likeness (QED) is 0.312. The molecule has 1 aliphatic heterocycles. The molecule has 0 fully saturated rings. The van der Waals surface area contributed by atoms with E-state index in [0.29, 0.717) is 16.7 Å². The Hall–Kier alpha value is -0.130. The first kappa shape index (κ1) is 9.95. The summed E-state index contributed by atoms with van der Waals surface area (Å²) in [6, 6.07) is 0. The average Bonchev–Trinajstić information content (AvgIpc) is 2.37. The molecular weight excluding hydrogens is 218 g/mol. The van der Waals surface area contributed by atoms with Crippen molar-refractivity contribution in [2.75, 3.05) is 6.61 Å². The first-order chi connectivity index (χ1) is 5.74. The van der Waals surface area contributed by atoms with Crippen LogP contribution in [0.4, 0.5) is 0 Å². The molecule has 66 valence electrons. The van der Waals surface area contributed by atoms with Gasteiger partial charge < -0.3 is 4.74 Å². The highest BCUT2D eigenvalue weighted by atomic mass is 35.5. The molecule has 0 spiro atoms. The third-order valence-corrected chi connectivity index (χ3v) is 3.29. The standard InChI is InChI=1S/C6H6ClNO2S2/c1-2-10-5(9)3-4-6(7)8-12-11-4/h3H,2H2,1H3/b4-3-. The number of esters is 1. The van der Waals surface area contributed by atoms with E-state index in [4.69, 9.17) is 16.3 Å². The van der Waals surface area contributed by atoms with Crippen LogP contribution in [0.5, 0.6) is 0 Å². The number of halogens is 1. The maximum atomic E-state index is 10.9. The lowest BCUT2D eigenvalue weighted by molar-refractivity contribution is -0.137. The van der Waals surface area contributed by atoms with Crippen molar-refractivity contribution in [2.24, 2.45) is 4.40 Å². The lowest BCUT2D eigenvalue weighted by atomic mass is 10.5. The van der Waals surface area contributed by atoms with Crippen molar-refractivity contribution in [2.45, 2.75) is 6.92 Å². The van der Waals surface area contributed by atoms with Crippen LogP contribution in [0.1, 0.15) is 6.92 Å². The lowest BCUT2D eigenvalue weighted by Gasteiger charge is -1.95. The van der Waals surface area contributed by atoms with Crippen LogP contribution in [0.15, 0.2) is 15.4 Å². The van der Waals surface area contributed by atoms with Crippen molar-refractivity contribution in [1.82, 2.24) is 0 Å². The number of allylic oxidation sites excluding steroid dienone is 1. The number of carbonyl (C=O) groups excluding carboxylic acids is 1. The summed E-state index contributed by atoms with van der Waals surface area (Å²) < 4.78 is 8.52. The second-order valence-corrected chi connectivity index (χ2v) is 4.04. The molecule has 0 radical (unpaired) electrons. The molecule has 0 atom stereocenters. The fraction of sp³-hybridized carbons (Fsp3) is 0.333. The van der Waals surface area contributed by atoms with Gasteiger partial charge in [0.15, 0.2) is 5.17 Å². The molecule has 6 heteroatoms. The zero-order valence-electron chi connectivity index (χ0n) is 6.24. The van der Waals surface area contributed by atoms with E-state index in [9.17, 15) is 4.79 Å². The van der Waals surface area contributed by atoms with Crippen LogP contribution >= 0.6 is 33.4 Å². The Morgan fingerprint density at radius 1 is 1.83 bits per heavy atom. The minimum atomic E-state index is -0.379. The van der Waals surface area contributed by atoms with Crippen LogP contribution in [0, 0.1) is 0 Å². The summed E-state index contributed by atoms with van der Waals surface area (Å²) in [4.78, 5) is 11.6. The van der Waals surface area contributed by atoms with Crippen LogP contribution in [-0.4, -0.2) is 17.7 Å². The third-order valence-electron chi connectivity index (χ3n) is 0.983. The third kappa shape index (κ3) is 2.73. The van der Waals surface area contributed by atoms with Gasteiger partial charge in [-0.05, 0) is 17.7 Å². The maximum absolute atomic E-state index is 10.9. The largest absolute Gasteiger partial charge is 0.463 e. The minimum Gasteiger partial charge on any atom is -0.463 e. The van der Waals surface area contributed by atoms with Gasteiger partial charge in [0, 0.05) is 6.08 Å². The normalized spacial score (nSPS) is 19.5. The van der Waals surface area contributed by atoms with E-state index < -0.39 is 0 Å². The molecule has 0 amide bonds. The number of carbonyl (C=O) groups is 1. The predicted molar refractivity (Wildman–Crippen MR) is 53.2 cm³/mol. The molecule has 0 aromatic heterocycles. The molecular formula is C6H6ClNO2S2. The first-order valence-electron chi connectivity index (χ1n) is 3.20. The molecule has 1 aliphatic rings. The summed E-state index contributed by atoms with van der Waals surface area (Å²) in [5, 5.41) is 0.359. The van der Waals surface area contributed by atoms with E-state index in [2.05, 4.69) is 4.40 Å². The van der Waals surface area contributed by atoms with E-state index >= 15 is 0 Å². The van der Waals surface area contributed by atoms with Gasteiger partial charge in [0.2, 0.25) is 0 Å². The molecule has 0 bridgehead atoms. The molecule has 0 N–H and O–H groups in total. The van der Waals surface area contributed by atoms with Crippen LogP contribution in [0.3, 0.4) is 0 Å². The average molecular weight is 224 g/mol. The van der Waals surface area contributed by atoms with E-state index in [-0.39, 0.29) is 5.97 Å². The van der Waals surface area contributed by atoms with Crippen molar-refractivity contribution >= 4 is 44.5 Å². The van der Waals surface area contributed by atoms with Crippen molar-refractivity contribution in [3.05, 3.63) is 11.0 Å². The molecule has 3 nitrogen and oxygen atoms in total. The van der Waals surface area contributed by atoms with Crippen molar-refractivity contribution in [1.29, 1.82) is 0 Å². The van der Waals surface area contributed by atoms with Gasteiger partial charge in [-0.15, -0.1) is 0 Å². The van der Waals surface area contributed by atoms with E-state index in [0.717, 1.165) is 0 Å². The Labute approximate surface area is 83.1 Å². The van der Waals surface area contributed by atoms with Gasteiger partial charge in [0.25, 0.3) is 0 Å². The summed E-state index contributed by atoms with van der Waals surface area (Å²) in [5.74, 6) is -0.379. The van der Waals surface area contributed by atoms with Crippen LogP contribution < -0.4 is 0 Å². The Balaban J connectivity index is 2.57. The number of hydrogen-bond acceptors (Lipinski definition) is 5. The molecule has 0 saturated carbocycles. The molecule has 12 heavy (non-hydrogen) atoms. The second-order valence-electron chi connectivity index (χ2n) is 1.80.